The van der Waals surface area contributed by atoms with Crippen LogP contribution in [0.4, 0.5) is 22.7 Å². The first-order chi connectivity index (χ1) is 17.9. The highest BCUT2D eigenvalue weighted by Crippen LogP contribution is 2.30. The third-order valence-corrected chi connectivity index (χ3v) is 6.92. The van der Waals surface area contributed by atoms with Crippen molar-refractivity contribution in [2.45, 2.75) is 13.1 Å². The van der Waals surface area contributed by atoms with Gasteiger partial charge in [-0.05, 0) is 83.9 Å². The van der Waals surface area contributed by atoms with Gasteiger partial charge in [0.25, 0.3) is 11.4 Å². The monoisotopic (exact) mass is 512 g/mol. The zero-order chi connectivity index (χ0) is 27.5. The van der Waals surface area contributed by atoms with Crippen molar-refractivity contribution in [3.63, 3.8) is 0 Å². The number of nitrogens with zero attached hydrogens (tertiary/aromatic N) is 4. The third-order valence-electron chi connectivity index (χ3n) is 6.92. The SMILES string of the molecule is C[N+](C)(Cc1ccc([N+](=O)[O-])cc1)c1ccc(-c2ccc([N+](C)(C)Cc3ccc([N+](=O)[O-])cc3)cc2)cc1. The molecule has 8 heteroatoms. The molecule has 0 bridgehead atoms. The summed E-state index contributed by atoms with van der Waals surface area (Å²) in [6.07, 6.45) is 0. The Morgan fingerprint density at radius 1 is 0.500 bits per heavy atom. The van der Waals surface area contributed by atoms with E-state index in [2.05, 4.69) is 76.7 Å². The van der Waals surface area contributed by atoms with E-state index >= 15 is 0 Å². The lowest BCUT2D eigenvalue weighted by Gasteiger charge is -2.30. The molecule has 0 saturated carbocycles. The molecule has 0 amide bonds. The molecule has 0 N–H and O–H groups in total. The molecular weight excluding hydrogens is 480 g/mol. The van der Waals surface area contributed by atoms with Crippen LogP contribution in [0.25, 0.3) is 11.1 Å². The summed E-state index contributed by atoms with van der Waals surface area (Å²) in [4.78, 5) is 21.1. The van der Waals surface area contributed by atoms with Crippen molar-refractivity contribution >= 4 is 22.7 Å². The number of hydrogen-bond donors (Lipinski definition) is 0. The van der Waals surface area contributed by atoms with Crippen LogP contribution in [0.5, 0.6) is 0 Å². The predicted molar refractivity (Wildman–Crippen MR) is 153 cm³/mol. The predicted octanol–water partition coefficient (Wildman–Crippen LogP) is 6.70. The van der Waals surface area contributed by atoms with Crippen molar-refractivity contribution in [1.82, 2.24) is 8.97 Å². The summed E-state index contributed by atoms with van der Waals surface area (Å²) in [7, 11) is 8.48. The molecule has 4 aromatic carbocycles. The third kappa shape index (κ3) is 6.11. The minimum atomic E-state index is -0.381. The Hall–Kier alpha value is -4.40. The van der Waals surface area contributed by atoms with Gasteiger partial charge in [-0.15, -0.1) is 0 Å². The van der Waals surface area contributed by atoms with E-state index < -0.39 is 0 Å². The summed E-state index contributed by atoms with van der Waals surface area (Å²) in [5.41, 5.74) is 6.80. The Morgan fingerprint density at radius 2 is 0.789 bits per heavy atom. The highest BCUT2D eigenvalue weighted by molar-refractivity contribution is 5.67. The second kappa shape index (κ2) is 10.5. The Balaban J connectivity index is 1.45. The van der Waals surface area contributed by atoms with Crippen LogP contribution in [-0.4, -0.2) is 38.0 Å². The van der Waals surface area contributed by atoms with Gasteiger partial charge in [-0.3, -0.25) is 29.2 Å². The molecule has 0 aliphatic heterocycles. The van der Waals surface area contributed by atoms with Crippen LogP contribution in [0, 0.1) is 20.2 Å². The molecule has 194 valence electrons. The largest absolute Gasteiger partial charge is 0.292 e. The van der Waals surface area contributed by atoms with E-state index in [-0.39, 0.29) is 21.2 Å². The first-order valence-electron chi connectivity index (χ1n) is 12.3. The maximum atomic E-state index is 10.9. The minimum Gasteiger partial charge on any atom is -0.292 e. The van der Waals surface area contributed by atoms with Crippen LogP contribution in [0.2, 0.25) is 0 Å². The van der Waals surface area contributed by atoms with Crippen molar-refractivity contribution in [3.05, 3.63) is 128 Å². The number of quaternary nitrogens is 2. The van der Waals surface area contributed by atoms with E-state index in [1.165, 1.54) is 0 Å². The normalized spacial score (nSPS) is 11.8. The zero-order valence-electron chi connectivity index (χ0n) is 22.1. The van der Waals surface area contributed by atoms with E-state index in [4.69, 9.17) is 0 Å². The van der Waals surface area contributed by atoms with Gasteiger partial charge in [-0.2, -0.15) is 0 Å². The van der Waals surface area contributed by atoms with Gasteiger partial charge in [0.1, 0.15) is 24.5 Å². The van der Waals surface area contributed by atoms with Crippen molar-refractivity contribution in [1.29, 1.82) is 0 Å². The average molecular weight is 513 g/mol. The van der Waals surface area contributed by atoms with Gasteiger partial charge >= 0.3 is 0 Å². The van der Waals surface area contributed by atoms with Gasteiger partial charge in [0, 0.05) is 35.4 Å². The minimum absolute atomic E-state index is 0.1000. The summed E-state index contributed by atoms with van der Waals surface area (Å²) in [6.45, 7) is 1.43. The van der Waals surface area contributed by atoms with Crippen molar-refractivity contribution in [2.24, 2.45) is 0 Å². The lowest BCUT2D eigenvalue weighted by molar-refractivity contribution is -0.385. The molecule has 0 aliphatic rings. The molecule has 0 atom stereocenters. The molecule has 4 rings (SSSR count). The summed E-state index contributed by atoms with van der Waals surface area (Å²) in [5.74, 6) is 0. The summed E-state index contributed by atoms with van der Waals surface area (Å²) < 4.78 is 1.23. The summed E-state index contributed by atoms with van der Waals surface area (Å²) in [6, 6.07) is 30.5. The molecule has 0 aliphatic carbocycles. The van der Waals surface area contributed by atoms with Crippen LogP contribution >= 0.6 is 0 Å². The van der Waals surface area contributed by atoms with Crippen LogP contribution in [-0.2, 0) is 13.1 Å². The Bertz CT molecular complexity index is 1320. The zero-order valence-corrected chi connectivity index (χ0v) is 22.1. The molecule has 38 heavy (non-hydrogen) atoms. The summed E-state index contributed by atoms with van der Waals surface area (Å²) in [5, 5.41) is 21.8. The summed E-state index contributed by atoms with van der Waals surface area (Å²) >= 11 is 0. The molecule has 0 saturated heterocycles. The van der Waals surface area contributed by atoms with Crippen molar-refractivity contribution < 1.29 is 9.85 Å². The molecule has 0 radical (unpaired) electrons. The van der Waals surface area contributed by atoms with Crippen LogP contribution in [0.15, 0.2) is 97.1 Å². The van der Waals surface area contributed by atoms with Crippen molar-refractivity contribution in [2.75, 3.05) is 28.2 Å². The number of nitro benzene ring substituents is 2. The quantitative estimate of drug-likeness (QED) is 0.142. The van der Waals surface area contributed by atoms with E-state index in [9.17, 15) is 20.2 Å². The number of non-ortho nitro benzene ring substituents is 2. The van der Waals surface area contributed by atoms with E-state index in [0.29, 0.717) is 22.1 Å². The molecule has 0 aromatic heterocycles. The average Bonchev–Trinajstić information content (AvgIpc) is 2.89. The molecular formula is C30H32N4O4+2. The molecule has 0 heterocycles. The maximum Gasteiger partial charge on any atom is 0.269 e. The van der Waals surface area contributed by atoms with E-state index in [1.54, 1.807) is 24.3 Å². The highest BCUT2D eigenvalue weighted by atomic mass is 16.6. The fraction of sp³-hybridized carbons (Fsp3) is 0.200. The fourth-order valence-electron chi connectivity index (χ4n) is 4.66. The first-order valence-corrected chi connectivity index (χ1v) is 12.3. The van der Waals surface area contributed by atoms with Crippen molar-refractivity contribution in [3.8, 4) is 11.1 Å². The maximum absolute atomic E-state index is 10.9. The number of rotatable bonds is 9. The molecule has 8 nitrogen and oxygen atoms in total. The van der Waals surface area contributed by atoms with Crippen LogP contribution < -0.4 is 8.97 Å². The second-order valence-corrected chi connectivity index (χ2v) is 10.6. The number of hydrogen-bond acceptors (Lipinski definition) is 4. The number of benzene rings is 4. The second-order valence-electron chi connectivity index (χ2n) is 10.6. The van der Waals surface area contributed by atoms with Gasteiger partial charge in [0.15, 0.2) is 0 Å². The Morgan fingerprint density at radius 3 is 1.05 bits per heavy atom. The lowest BCUT2D eigenvalue weighted by Crippen LogP contribution is -2.39. The van der Waals surface area contributed by atoms with Gasteiger partial charge in [0.05, 0.1) is 38.0 Å². The fourth-order valence-corrected chi connectivity index (χ4v) is 4.66. The first kappa shape index (κ1) is 26.7. The number of nitro groups is 2. The molecule has 0 fully saturated rings. The molecule has 4 aromatic rings. The lowest BCUT2D eigenvalue weighted by atomic mass is 10.0. The smallest absolute Gasteiger partial charge is 0.269 e. The Labute approximate surface area is 222 Å². The molecule has 0 unspecified atom stereocenters. The van der Waals surface area contributed by atoms with Gasteiger partial charge in [-0.25, -0.2) is 0 Å². The van der Waals surface area contributed by atoms with E-state index in [0.717, 1.165) is 33.6 Å². The van der Waals surface area contributed by atoms with Gasteiger partial charge in [0.2, 0.25) is 0 Å². The standard InChI is InChI=1S/C30H32N4O4/c1-33(2,21-23-5-13-27(14-6-23)31(35)36)29-17-9-25(10-18-29)26-11-19-30(20-12-26)34(3,4)22-24-7-15-28(16-8-24)32(37)38/h5-20H,21-22H2,1-4H3/q+2. The van der Waals surface area contributed by atoms with Gasteiger partial charge < -0.3 is 0 Å². The van der Waals surface area contributed by atoms with Crippen LogP contribution in [0.3, 0.4) is 0 Å². The molecule has 0 spiro atoms. The van der Waals surface area contributed by atoms with E-state index in [1.807, 2.05) is 24.3 Å². The Kier molecular flexibility index (Phi) is 7.39. The van der Waals surface area contributed by atoms with Crippen LogP contribution in [0.1, 0.15) is 11.1 Å². The highest BCUT2D eigenvalue weighted by Gasteiger charge is 2.22. The van der Waals surface area contributed by atoms with Gasteiger partial charge in [-0.1, -0.05) is 0 Å². The topological polar surface area (TPSA) is 86.3 Å².